The standard InChI is InChI=1S/C19H22N2O3/c20-12-4-5-13-21-18(22)14-24-17-10-8-16(9-11-17)19(23)15-6-2-1-3-7-15/h1-3,6-11H,4-5,12-14,20H2,(H,21,22). The number of carbonyl (C=O) groups is 2. The van der Waals surface area contributed by atoms with E-state index in [1.54, 1.807) is 36.4 Å². The van der Waals surface area contributed by atoms with Crippen LogP contribution in [0.1, 0.15) is 28.8 Å². The summed E-state index contributed by atoms with van der Waals surface area (Å²) >= 11 is 0. The Kier molecular flexibility index (Phi) is 6.98. The van der Waals surface area contributed by atoms with Crippen LogP contribution in [-0.2, 0) is 4.79 Å². The molecule has 0 saturated heterocycles. The van der Waals surface area contributed by atoms with Crippen molar-refractivity contribution in [3.8, 4) is 5.75 Å². The van der Waals surface area contributed by atoms with Crippen LogP contribution in [0.2, 0.25) is 0 Å². The van der Waals surface area contributed by atoms with E-state index in [0.29, 0.717) is 30.0 Å². The second-order valence-corrected chi connectivity index (χ2v) is 5.35. The molecule has 2 aromatic rings. The zero-order chi connectivity index (χ0) is 17.2. The third-order valence-electron chi connectivity index (χ3n) is 3.48. The molecule has 5 nitrogen and oxygen atoms in total. The highest BCUT2D eigenvalue weighted by Gasteiger charge is 2.08. The van der Waals surface area contributed by atoms with Crippen molar-refractivity contribution in [1.82, 2.24) is 5.32 Å². The highest BCUT2D eigenvalue weighted by Crippen LogP contribution is 2.15. The molecule has 0 spiro atoms. The number of rotatable bonds is 9. The van der Waals surface area contributed by atoms with Crippen molar-refractivity contribution in [2.24, 2.45) is 5.73 Å². The van der Waals surface area contributed by atoms with Gasteiger partial charge < -0.3 is 15.8 Å². The summed E-state index contributed by atoms with van der Waals surface area (Å²) in [6.07, 6.45) is 1.75. The van der Waals surface area contributed by atoms with Crippen molar-refractivity contribution < 1.29 is 14.3 Å². The second-order valence-electron chi connectivity index (χ2n) is 5.35. The van der Waals surface area contributed by atoms with Gasteiger partial charge in [0, 0.05) is 17.7 Å². The number of hydrogen-bond acceptors (Lipinski definition) is 4. The second kappa shape index (κ2) is 9.47. The number of nitrogens with one attached hydrogen (secondary N) is 1. The van der Waals surface area contributed by atoms with E-state index in [-0.39, 0.29) is 18.3 Å². The van der Waals surface area contributed by atoms with Crippen LogP contribution in [0.4, 0.5) is 0 Å². The average Bonchev–Trinajstić information content (AvgIpc) is 2.64. The van der Waals surface area contributed by atoms with E-state index in [1.165, 1.54) is 0 Å². The summed E-state index contributed by atoms with van der Waals surface area (Å²) in [5.41, 5.74) is 6.61. The van der Waals surface area contributed by atoms with Gasteiger partial charge >= 0.3 is 0 Å². The molecule has 0 bridgehead atoms. The molecule has 0 aliphatic rings. The fourth-order valence-corrected chi connectivity index (χ4v) is 2.16. The minimum absolute atomic E-state index is 0.0419. The number of nitrogens with two attached hydrogens (primary N) is 1. The van der Waals surface area contributed by atoms with E-state index < -0.39 is 0 Å². The molecule has 0 atom stereocenters. The summed E-state index contributed by atoms with van der Waals surface area (Å²) < 4.78 is 5.42. The van der Waals surface area contributed by atoms with Gasteiger partial charge in [0.15, 0.2) is 12.4 Å². The van der Waals surface area contributed by atoms with E-state index in [0.717, 1.165) is 12.8 Å². The Balaban J connectivity index is 1.82. The molecule has 24 heavy (non-hydrogen) atoms. The van der Waals surface area contributed by atoms with E-state index in [1.807, 2.05) is 18.2 Å². The molecule has 2 aromatic carbocycles. The van der Waals surface area contributed by atoms with Gasteiger partial charge in [-0.05, 0) is 43.7 Å². The first-order chi connectivity index (χ1) is 11.7. The SMILES string of the molecule is NCCCCNC(=O)COc1ccc(C(=O)c2ccccc2)cc1. The summed E-state index contributed by atoms with van der Waals surface area (Å²) in [7, 11) is 0. The van der Waals surface area contributed by atoms with Gasteiger partial charge in [-0.2, -0.15) is 0 Å². The molecule has 126 valence electrons. The Labute approximate surface area is 141 Å². The highest BCUT2D eigenvalue weighted by molar-refractivity contribution is 6.08. The van der Waals surface area contributed by atoms with E-state index in [2.05, 4.69) is 5.32 Å². The van der Waals surface area contributed by atoms with Gasteiger partial charge in [-0.3, -0.25) is 9.59 Å². The van der Waals surface area contributed by atoms with E-state index in [9.17, 15) is 9.59 Å². The predicted molar refractivity (Wildman–Crippen MR) is 93.1 cm³/mol. The lowest BCUT2D eigenvalue weighted by molar-refractivity contribution is -0.123. The van der Waals surface area contributed by atoms with Gasteiger partial charge in [0.25, 0.3) is 5.91 Å². The maximum Gasteiger partial charge on any atom is 0.257 e. The van der Waals surface area contributed by atoms with Gasteiger partial charge in [0.05, 0.1) is 0 Å². The molecule has 2 rings (SSSR count). The Bertz CT molecular complexity index is 654. The molecule has 0 saturated carbocycles. The largest absolute Gasteiger partial charge is 0.484 e. The number of ketones is 1. The lowest BCUT2D eigenvalue weighted by Crippen LogP contribution is -2.29. The van der Waals surface area contributed by atoms with E-state index in [4.69, 9.17) is 10.5 Å². The Morgan fingerprint density at radius 2 is 1.58 bits per heavy atom. The van der Waals surface area contributed by atoms with Crippen LogP contribution in [0, 0.1) is 0 Å². The molecule has 0 aliphatic heterocycles. The van der Waals surface area contributed by atoms with Crippen LogP contribution in [0.25, 0.3) is 0 Å². The van der Waals surface area contributed by atoms with Crippen molar-refractivity contribution in [2.45, 2.75) is 12.8 Å². The highest BCUT2D eigenvalue weighted by atomic mass is 16.5. The lowest BCUT2D eigenvalue weighted by atomic mass is 10.0. The molecule has 0 fully saturated rings. The first kappa shape index (κ1) is 17.7. The van der Waals surface area contributed by atoms with Crippen molar-refractivity contribution in [3.63, 3.8) is 0 Å². The first-order valence-corrected chi connectivity index (χ1v) is 8.00. The number of unbranched alkanes of at least 4 members (excludes halogenated alkanes) is 1. The molecular formula is C19H22N2O3. The quantitative estimate of drug-likeness (QED) is 0.546. The van der Waals surface area contributed by atoms with Crippen LogP contribution in [0.5, 0.6) is 5.75 Å². The number of ether oxygens (including phenoxy) is 1. The van der Waals surface area contributed by atoms with Gasteiger partial charge in [-0.1, -0.05) is 30.3 Å². The zero-order valence-electron chi connectivity index (χ0n) is 13.5. The Hall–Kier alpha value is -2.66. The fourth-order valence-electron chi connectivity index (χ4n) is 2.16. The third-order valence-corrected chi connectivity index (χ3v) is 3.48. The van der Waals surface area contributed by atoms with Crippen LogP contribution in [-0.4, -0.2) is 31.4 Å². The normalized spacial score (nSPS) is 10.2. The van der Waals surface area contributed by atoms with Gasteiger partial charge in [-0.15, -0.1) is 0 Å². The minimum Gasteiger partial charge on any atom is -0.484 e. The van der Waals surface area contributed by atoms with Crippen molar-refractivity contribution >= 4 is 11.7 Å². The van der Waals surface area contributed by atoms with E-state index >= 15 is 0 Å². The average molecular weight is 326 g/mol. The lowest BCUT2D eigenvalue weighted by Gasteiger charge is -2.08. The molecule has 0 radical (unpaired) electrons. The van der Waals surface area contributed by atoms with Gasteiger partial charge in [0.1, 0.15) is 5.75 Å². The summed E-state index contributed by atoms with van der Waals surface area (Å²) in [4.78, 5) is 23.9. The molecular weight excluding hydrogens is 304 g/mol. The summed E-state index contributed by atoms with van der Waals surface area (Å²) in [6.45, 7) is 1.18. The van der Waals surface area contributed by atoms with Crippen molar-refractivity contribution in [1.29, 1.82) is 0 Å². The maximum absolute atomic E-state index is 12.3. The molecule has 5 heteroatoms. The minimum atomic E-state index is -0.170. The third kappa shape index (κ3) is 5.52. The van der Waals surface area contributed by atoms with Crippen molar-refractivity contribution in [2.75, 3.05) is 19.7 Å². The summed E-state index contributed by atoms with van der Waals surface area (Å²) in [5, 5.41) is 2.77. The van der Waals surface area contributed by atoms with Crippen LogP contribution < -0.4 is 15.8 Å². The van der Waals surface area contributed by atoms with Crippen LogP contribution in [0.15, 0.2) is 54.6 Å². The molecule has 3 N–H and O–H groups in total. The number of amides is 1. The van der Waals surface area contributed by atoms with Crippen LogP contribution in [0.3, 0.4) is 0 Å². The Morgan fingerprint density at radius 1 is 0.917 bits per heavy atom. The monoisotopic (exact) mass is 326 g/mol. The molecule has 0 heterocycles. The number of carbonyl (C=O) groups excluding carboxylic acids is 2. The maximum atomic E-state index is 12.3. The molecule has 1 amide bonds. The number of benzene rings is 2. The van der Waals surface area contributed by atoms with Gasteiger partial charge in [0.2, 0.25) is 0 Å². The van der Waals surface area contributed by atoms with Crippen LogP contribution >= 0.6 is 0 Å². The zero-order valence-corrected chi connectivity index (χ0v) is 13.5. The molecule has 0 aromatic heterocycles. The summed E-state index contributed by atoms with van der Waals surface area (Å²) in [6, 6.07) is 15.9. The predicted octanol–water partition coefficient (Wildman–Crippen LogP) is 2.15. The van der Waals surface area contributed by atoms with Crippen molar-refractivity contribution in [3.05, 3.63) is 65.7 Å². The smallest absolute Gasteiger partial charge is 0.257 e. The summed E-state index contributed by atoms with van der Waals surface area (Å²) in [5.74, 6) is 0.341. The Morgan fingerprint density at radius 3 is 2.25 bits per heavy atom. The van der Waals surface area contributed by atoms with Gasteiger partial charge in [-0.25, -0.2) is 0 Å². The first-order valence-electron chi connectivity index (χ1n) is 8.00. The molecule has 0 unspecified atom stereocenters. The molecule has 0 aliphatic carbocycles. The fraction of sp³-hybridized carbons (Fsp3) is 0.263. The topological polar surface area (TPSA) is 81.4 Å². The number of hydrogen-bond donors (Lipinski definition) is 2.